The number of halogens is 3. The van der Waals surface area contributed by atoms with Gasteiger partial charge in [-0.15, -0.1) is 12.4 Å². The molecule has 0 aromatic heterocycles. The van der Waals surface area contributed by atoms with E-state index in [1.807, 2.05) is 0 Å². The van der Waals surface area contributed by atoms with Gasteiger partial charge in [0.1, 0.15) is 4.90 Å². The van der Waals surface area contributed by atoms with Crippen LogP contribution in [-0.4, -0.2) is 32.4 Å². The summed E-state index contributed by atoms with van der Waals surface area (Å²) in [6.07, 6.45) is 1.62. The fourth-order valence-electron chi connectivity index (χ4n) is 2.21. The van der Waals surface area contributed by atoms with E-state index in [0.717, 1.165) is 17.3 Å². The Kier molecular flexibility index (Phi) is 6.76. The standard InChI is InChI=1S/C12H16BrClN2O2S.ClH/c13-10-1-2-12(11(14)7-10)19(17,18)16-5-3-9(8-15)4-6-16;/h1-2,7,9H,3-6,8,15H2;1H. The number of rotatable bonds is 3. The van der Waals surface area contributed by atoms with E-state index in [1.54, 1.807) is 12.1 Å². The number of piperidine rings is 1. The van der Waals surface area contributed by atoms with Crippen molar-refractivity contribution in [1.29, 1.82) is 0 Å². The predicted molar refractivity (Wildman–Crippen MR) is 86.9 cm³/mol. The number of nitrogens with zero attached hydrogens (tertiary/aromatic N) is 1. The van der Waals surface area contributed by atoms with Crippen LogP contribution in [0.2, 0.25) is 5.02 Å². The predicted octanol–water partition coefficient (Wildman–Crippen LogP) is 2.88. The third-order valence-electron chi connectivity index (χ3n) is 3.42. The van der Waals surface area contributed by atoms with Crippen molar-refractivity contribution in [2.45, 2.75) is 17.7 Å². The molecule has 1 heterocycles. The molecular formula is C12H17BrCl2N2O2S. The molecule has 1 aliphatic rings. The van der Waals surface area contributed by atoms with Crippen LogP contribution in [0.15, 0.2) is 27.6 Å². The van der Waals surface area contributed by atoms with E-state index in [0.29, 0.717) is 25.6 Å². The van der Waals surface area contributed by atoms with E-state index in [1.165, 1.54) is 10.4 Å². The molecule has 1 aromatic rings. The summed E-state index contributed by atoms with van der Waals surface area (Å²) in [7, 11) is -3.50. The van der Waals surface area contributed by atoms with Crippen LogP contribution >= 0.6 is 39.9 Å². The van der Waals surface area contributed by atoms with Crippen molar-refractivity contribution in [1.82, 2.24) is 4.31 Å². The summed E-state index contributed by atoms with van der Waals surface area (Å²) in [5.41, 5.74) is 5.62. The minimum atomic E-state index is -3.50. The highest BCUT2D eigenvalue weighted by molar-refractivity contribution is 9.10. The molecule has 0 saturated carbocycles. The summed E-state index contributed by atoms with van der Waals surface area (Å²) in [4.78, 5) is 0.170. The molecule has 0 radical (unpaired) electrons. The smallest absolute Gasteiger partial charge is 0.244 e. The summed E-state index contributed by atoms with van der Waals surface area (Å²) in [5, 5.41) is 0.246. The minimum Gasteiger partial charge on any atom is -0.330 e. The van der Waals surface area contributed by atoms with Gasteiger partial charge < -0.3 is 5.73 Å². The Balaban J connectivity index is 0.00000200. The maximum Gasteiger partial charge on any atom is 0.244 e. The second-order valence-electron chi connectivity index (χ2n) is 4.66. The molecule has 0 bridgehead atoms. The number of benzene rings is 1. The molecule has 1 fully saturated rings. The molecule has 0 aliphatic carbocycles. The molecule has 20 heavy (non-hydrogen) atoms. The topological polar surface area (TPSA) is 63.4 Å². The molecular weight excluding hydrogens is 387 g/mol. The van der Waals surface area contributed by atoms with E-state index in [4.69, 9.17) is 17.3 Å². The van der Waals surface area contributed by atoms with Crippen LogP contribution in [0.25, 0.3) is 0 Å². The normalized spacial score (nSPS) is 17.8. The quantitative estimate of drug-likeness (QED) is 0.843. The Morgan fingerprint density at radius 3 is 2.45 bits per heavy atom. The van der Waals surface area contributed by atoms with Gasteiger partial charge in [0, 0.05) is 17.6 Å². The fourth-order valence-corrected chi connectivity index (χ4v) is 4.69. The minimum absolute atomic E-state index is 0. The molecule has 8 heteroatoms. The van der Waals surface area contributed by atoms with Gasteiger partial charge in [-0.25, -0.2) is 8.42 Å². The van der Waals surface area contributed by atoms with Crippen LogP contribution in [0.4, 0.5) is 0 Å². The van der Waals surface area contributed by atoms with E-state index in [-0.39, 0.29) is 22.3 Å². The molecule has 0 unspecified atom stereocenters. The van der Waals surface area contributed by atoms with Gasteiger partial charge in [-0.3, -0.25) is 0 Å². The largest absolute Gasteiger partial charge is 0.330 e. The van der Waals surface area contributed by atoms with Gasteiger partial charge in [-0.05, 0) is 43.5 Å². The van der Waals surface area contributed by atoms with E-state index < -0.39 is 10.0 Å². The van der Waals surface area contributed by atoms with E-state index in [2.05, 4.69) is 15.9 Å². The van der Waals surface area contributed by atoms with E-state index in [9.17, 15) is 8.42 Å². The number of hydrogen-bond acceptors (Lipinski definition) is 3. The van der Waals surface area contributed by atoms with Crippen molar-refractivity contribution in [3.63, 3.8) is 0 Å². The molecule has 1 saturated heterocycles. The first-order valence-corrected chi connectivity index (χ1v) is 8.71. The molecule has 0 spiro atoms. The summed E-state index contributed by atoms with van der Waals surface area (Å²) < 4.78 is 27.3. The first kappa shape index (κ1) is 18.2. The highest BCUT2D eigenvalue weighted by Gasteiger charge is 2.30. The molecule has 4 nitrogen and oxygen atoms in total. The number of hydrogen-bond donors (Lipinski definition) is 1. The van der Waals surface area contributed by atoms with Crippen LogP contribution in [0.5, 0.6) is 0 Å². The second kappa shape index (κ2) is 7.42. The molecule has 0 amide bonds. The molecule has 114 valence electrons. The zero-order chi connectivity index (χ0) is 14.0. The summed E-state index contributed by atoms with van der Waals surface area (Å²) in [6.45, 7) is 1.64. The van der Waals surface area contributed by atoms with Gasteiger partial charge >= 0.3 is 0 Å². The third-order valence-corrected chi connectivity index (χ3v) is 6.29. The third kappa shape index (κ3) is 3.87. The zero-order valence-corrected chi connectivity index (χ0v) is 14.7. The second-order valence-corrected chi connectivity index (χ2v) is 7.89. The van der Waals surface area contributed by atoms with Gasteiger partial charge in [0.05, 0.1) is 5.02 Å². The Hall–Kier alpha value is 0.150. The number of sulfonamides is 1. The van der Waals surface area contributed by atoms with Crippen molar-refractivity contribution < 1.29 is 8.42 Å². The van der Waals surface area contributed by atoms with Crippen LogP contribution in [0, 0.1) is 5.92 Å². The SMILES string of the molecule is Cl.NCC1CCN(S(=O)(=O)c2ccc(Br)cc2Cl)CC1. The maximum atomic E-state index is 12.5. The molecule has 1 aromatic carbocycles. The zero-order valence-electron chi connectivity index (χ0n) is 10.8. The van der Waals surface area contributed by atoms with Crippen LogP contribution in [-0.2, 0) is 10.0 Å². The number of nitrogens with two attached hydrogens (primary N) is 1. The summed E-state index contributed by atoms with van der Waals surface area (Å²) >= 11 is 9.30. The average Bonchev–Trinajstić information content (AvgIpc) is 2.38. The lowest BCUT2D eigenvalue weighted by molar-refractivity contribution is 0.278. The van der Waals surface area contributed by atoms with Crippen LogP contribution in [0.3, 0.4) is 0 Å². The maximum absolute atomic E-state index is 12.5. The Morgan fingerprint density at radius 2 is 1.95 bits per heavy atom. The monoisotopic (exact) mass is 402 g/mol. The van der Waals surface area contributed by atoms with Crippen molar-refractivity contribution in [2.24, 2.45) is 11.7 Å². The fraction of sp³-hybridized carbons (Fsp3) is 0.500. The molecule has 1 aliphatic heterocycles. The Bertz CT molecular complexity index is 561. The van der Waals surface area contributed by atoms with Crippen molar-refractivity contribution in [3.05, 3.63) is 27.7 Å². The molecule has 2 N–H and O–H groups in total. The average molecular weight is 404 g/mol. The first-order chi connectivity index (χ1) is 8.95. The van der Waals surface area contributed by atoms with Gasteiger partial charge in [0.15, 0.2) is 0 Å². The molecule has 0 atom stereocenters. The highest BCUT2D eigenvalue weighted by atomic mass is 79.9. The highest BCUT2D eigenvalue weighted by Crippen LogP contribution is 2.29. The van der Waals surface area contributed by atoms with Crippen molar-refractivity contribution in [2.75, 3.05) is 19.6 Å². The van der Waals surface area contributed by atoms with Gasteiger partial charge in [0.2, 0.25) is 10.0 Å². The lowest BCUT2D eigenvalue weighted by atomic mass is 9.99. The van der Waals surface area contributed by atoms with Gasteiger partial charge in [-0.1, -0.05) is 27.5 Å². The summed E-state index contributed by atoms with van der Waals surface area (Å²) in [5.74, 6) is 0.423. The van der Waals surface area contributed by atoms with Crippen molar-refractivity contribution >= 4 is 50.0 Å². The Morgan fingerprint density at radius 1 is 1.35 bits per heavy atom. The molecule has 2 rings (SSSR count). The first-order valence-electron chi connectivity index (χ1n) is 6.10. The van der Waals surface area contributed by atoms with Gasteiger partial charge in [0.25, 0.3) is 0 Å². The van der Waals surface area contributed by atoms with Crippen LogP contribution in [0.1, 0.15) is 12.8 Å². The Labute approximate surface area is 139 Å². The lowest BCUT2D eigenvalue weighted by Crippen LogP contribution is -2.40. The summed E-state index contributed by atoms with van der Waals surface area (Å²) in [6, 6.07) is 4.82. The van der Waals surface area contributed by atoms with Crippen molar-refractivity contribution in [3.8, 4) is 0 Å². The van der Waals surface area contributed by atoms with E-state index >= 15 is 0 Å². The van der Waals surface area contributed by atoms with Gasteiger partial charge in [-0.2, -0.15) is 4.31 Å². The van der Waals surface area contributed by atoms with Crippen LogP contribution < -0.4 is 5.73 Å². The lowest BCUT2D eigenvalue weighted by Gasteiger charge is -2.30.